The van der Waals surface area contributed by atoms with Gasteiger partial charge in [-0.2, -0.15) is 0 Å². The van der Waals surface area contributed by atoms with Crippen LogP contribution in [0.25, 0.3) is 0 Å². The molecule has 0 radical (unpaired) electrons. The van der Waals surface area contributed by atoms with Crippen LogP contribution in [0.1, 0.15) is 68.8 Å². The van der Waals surface area contributed by atoms with Crippen molar-refractivity contribution in [2.24, 2.45) is 0 Å². The summed E-state index contributed by atoms with van der Waals surface area (Å²) >= 11 is 0. The maximum atomic E-state index is 12.8. The number of hydrogen-bond acceptors (Lipinski definition) is 2. The highest BCUT2D eigenvalue weighted by Crippen LogP contribution is 2.24. The highest BCUT2D eigenvalue weighted by atomic mass is 16.3. The summed E-state index contributed by atoms with van der Waals surface area (Å²) in [7, 11) is 0. The van der Waals surface area contributed by atoms with Crippen molar-refractivity contribution in [1.29, 1.82) is 0 Å². The van der Waals surface area contributed by atoms with Crippen LogP contribution in [0.15, 0.2) is 24.3 Å². The average Bonchev–Trinajstić information content (AvgIpc) is 2.93. The fraction of sp³-hybridized carbons (Fsp3) is 0.632. The van der Waals surface area contributed by atoms with Gasteiger partial charge >= 0.3 is 0 Å². The van der Waals surface area contributed by atoms with E-state index in [1.165, 1.54) is 0 Å². The highest BCUT2D eigenvalue weighted by molar-refractivity contribution is 5.94. The van der Waals surface area contributed by atoms with E-state index in [4.69, 9.17) is 0 Å². The molecule has 3 heteroatoms. The molecule has 1 amide bonds. The Hall–Kier alpha value is -1.35. The Kier molecular flexibility index (Phi) is 5.63. The number of likely N-dealkylation sites (tertiary alicyclic amines) is 1. The largest absolute Gasteiger partial charge is 0.390 e. The Bertz CT molecular complexity index is 504. The monoisotopic (exact) mass is 303 g/mol. The molecular formula is C19H29NO2. The van der Waals surface area contributed by atoms with Gasteiger partial charge in [-0.1, -0.05) is 25.5 Å². The molecule has 1 saturated heterocycles. The van der Waals surface area contributed by atoms with Crippen LogP contribution in [-0.2, 0) is 6.42 Å². The second-order valence-electron chi connectivity index (χ2n) is 7.10. The van der Waals surface area contributed by atoms with E-state index >= 15 is 0 Å². The summed E-state index contributed by atoms with van der Waals surface area (Å²) in [6.45, 7) is 6.71. The molecule has 0 unspecified atom stereocenters. The molecule has 1 aromatic carbocycles. The van der Waals surface area contributed by atoms with Crippen molar-refractivity contribution in [2.45, 2.75) is 70.9 Å². The average molecular weight is 303 g/mol. The predicted molar refractivity (Wildman–Crippen MR) is 90.0 cm³/mol. The van der Waals surface area contributed by atoms with Gasteiger partial charge in [0.25, 0.3) is 5.91 Å². The third kappa shape index (κ3) is 4.57. The molecule has 0 aromatic heterocycles. The minimum absolute atomic E-state index is 0.168. The van der Waals surface area contributed by atoms with E-state index in [-0.39, 0.29) is 5.91 Å². The molecule has 1 atom stereocenters. The summed E-state index contributed by atoms with van der Waals surface area (Å²) in [5, 5.41) is 9.85. The summed E-state index contributed by atoms with van der Waals surface area (Å²) in [5.41, 5.74) is 1.25. The van der Waals surface area contributed by atoms with Crippen LogP contribution in [0.2, 0.25) is 0 Å². The van der Waals surface area contributed by atoms with Gasteiger partial charge in [-0.25, -0.2) is 0 Å². The van der Waals surface area contributed by atoms with Crippen molar-refractivity contribution < 1.29 is 9.90 Å². The standard InChI is InChI=1S/C19H29NO2/c1-4-7-17-10-6-13-20(17)18(21)16-9-5-8-15(14-16)11-12-19(2,3)22/h5,8-9,14,17,22H,4,6-7,10-13H2,1-3H3/t17-/m0/s1. The summed E-state index contributed by atoms with van der Waals surface area (Å²) in [6.07, 6.45) is 5.98. The van der Waals surface area contributed by atoms with Crippen LogP contribution < -0.4 is 0 Å². The number of rotatable bonds is 6. The molecule has 0 spiro atoms. The molecule has 122 valence electrons. The second kappa shape index (κ2) is 7.28. The number of aryl methyl sites for hydroxylation is 1. The van der Waals surface area contributed by atoms with E-state index in [9.17, 15) is 9.90 Å². The topological polar surface area (TPSA) is 40.5 Å². The van der Waals surface area contributed by atoms with Crippen molar-refractivity contribution in [3.63, 3.8) is 0 Å². The van der Waals surface area contributed by atoms with E-state index in [2.05, 4.69) is 11.8 Å². The molecule has 2 rings (SSSR count). The molecule has 0 aliphatic carbocycles. The molecule has 0 bridgehead atoms. The van der Waals surface area contributed by atoms with Gasteiger partial charge in [0.2, 0.25) is 0 Å². The Morgan fingerprint density at radius 3 is 2.86 bits per heavy atom. The fourth-order valence-electron chi connectivity index (χ4n) is 3.21. The highest BCUT2D eigenvalue weighted by Gasteiger charge is 2.28. The SMILES string of the molecule is CCC[C@H]1CCCN1C(=O)c1cccc(CCC(C)(C)O)c1. The minimum Gasteiger partial charge on any atom is -0.390 e. The molecule has 1 N–H and O–H groups in total. The number of benzene rings is 1. The lowest BCUT2D eigenvalue weighted by atomic mass is 9.97. The predicted octanol–water partition coefficient (Wildman–Crippen LogP) is 3.79. The zero-order chi connectivity index (χ0) is 16.2. The number of aliphatic hydroxyl groups is 1. The summed E-state index contributed by atoms with van der Waals surface area (Å²) in [5.74, 6) is 0.168. The van der Waals surface area contributed by atoms with Gasteiger partial charge < -0.3 is 10.0 Å². The second-order valence-corrected chi connectivity index (χ2v) is 7.10. The number of amides is 1. The Morgan fingerprint density at radius 1 is 1.41 bits per heavy atom. The summed E-state index contributed by atoms with van der Waals surface area (Å²) in [6, 6.07) is 8.32. The van der Waals surface area contributed by atoms with Crippen LogP contribution in [0.5, 0.6) is 0 Å². The van der Waals surface area contributed by atoms with E-state index in [1.807, 2.05) is 38.1 Å². The molecular weight excluding hydrogens is 274 g/mol. The smallest absolute Gasteiger partial charge is 0.254 e. The number of hydrogen-bond donors (Lipinski definition) is 1. The molecule has 0 saturated carbocycles. The van der Waals surface area contributed by atoms with Crippen LogP contribution in [0.4, 0.5) is 0 Å². The van der Waals surface area contributed by atoms with Crippen molar-refractivity contribution in [3.8, 4) is 0 Å². The minimum atomic E-state index is -0.665. The van der Waals surface area contributed by atoms with Crippen LogP contribution >= 0.6 is 0 Å². The molecule has 1 heterocycles. The lowest BCUT2D eigenvalue weighted by molar-refractivity contribution is 0.0714. The zero-order valence-corrected chi connectivity index (χ0v) is 14.1. The molecule has 3 nitrogen and oxygen atoms in total. The fourth-order valence-corrected chi connectivity index (χ4v) is 3.21. The van der Waals surface area contributed by atoms with Gasteiger partial charge in [-0.05, 0) is 63.6 Å². The molecule has 1 aromatic rings. The van der Waals surface area contributed by atoms with Crippen LogP contribution in [0, 0.1) is 0 Å². The number of nitrogens with zero attached hydrogens (tertiary/aromatic N) is 1. The van der Waals surface area contributed by atoms with Crippen molar-refractivity contribution >= 4 is 5.91 Å². The van der Waals surface area contributed by atoms with E-state index in [0.29, 0.717) is 12.5 Å². The Morgan fingerprint density at radius 2 is 2.18 bits per heavy atom. The molecule has 1 aliphatic rings. The van der Waals surface area contributed by atoms with Crippen molar-refractivity contribution in [3.05, 3.63) is 35.4 Å². The van der Waals surface area contributed by atoms with Gasteiger partial charge in [0.05, 0.1) is 5.60 Å². The van der Waals surface area contributed by atoms with Crippen molar-refractivity contribution in [2.75, 3.05) is 6.54 Å². The summed E-state index contributed by atoms with van der Waals surface area (Å²) in [4.78, 5) is 14.8. The van der Waals surface area contributed by atoms with Crippen molar-refractivity contribution in [1.82, 2.24) is 4.90 Å². The summed E-state index contributed by atoms with van der Waals surface area (Å²) < 4.78 is 0. The first-order chi connectivity index (χ1) is 10.4. The van der Waals surface area contributed by atoms with Gasteiger partial charge in [-0.3, -0.25) is 4.79 Å². The van der Waals surface area contributed by atoms with E-state index in [0.717, 1.165) is 49.8 Å². The normalized spacial score (nSPS) is 18.7. The maximum Gasteiger partial charge on any atom is 0.254 e. The first-order valence-electron chi connectivity index (χ1n) is 8.53. The van der Waals surface area contributed by atoms with Gasteiger partial charge in [0.1, 0.15) is 0 Å². The first kappa shape index (κ1) is 17.0. The molecule has 1 fully saturated rings. The molecule has 22 heavy (non-hydrogen) atoms. The first-order valence-corrected chi connectivity index (χ1v) is 8.53. The third-order valence-electron chi connectivity index (χ3n) is 4.46. The third-order valence-corrected chi connectivity index (χ3v) is 4.46. The zero-order valence-electron chi connectivity index (χ0n) is 14.1. The van der Waals surface area contributed by atoms with Gasteiger partial charge in [-0.15, -0.1) is 0 Å². The molecule has 1 aliphatic heterocycles. The van der Waals surface area contributed by atoms with Crippen LogP contribution in [0.3, 0.4) is 0 Å². The number of carbonyl (C=O) groups excluding carboxylic acids is 1. The number of carbonyl (C=O) groups is 1. The van der Waals surface area contributed by atoms with E-state index < -0.39 is 5.60 Å². The maximum absolute atomic E-state index is 12.8. The van der Waals surface area contributed by atoms with Gasteiger partial charge in [0.15, 0.2) is 0 Å². The van der Waals surface area contributed by atoms with E-state index in [1.54, 1.807) is 0 Å². The lowest BCUT2D eigenvalue weighted by Crippen LogP contribution is -2.35. The van der Waals surface area contributed by atoms with Gasteiger partial charge in [0, 0.05) is 18.2 Å². The lowest BCUT2D eigenvalue weighted by Gasteiger charge is -2.24. The van der Waals surface area contributed by atoms with Crippen LogP contribution in [-0.4, -0.2) is 34.1 Å². The Labute approximate surface area is 134 Å². The quantitative estimate of drug-likeness (QED) is 0.868. The Balaban J connectivity index is 2.06.